The van der Waals surface area contributed by atoms with E-state index in [2.05, 4.69) is 4.98 Å². The maximum absolute atomic E-state index is 13.3. The number of carboxylic acid groups (broad SMARTS) is 1. The highest BCUT2D eigenvalue weighted by molar-refractivity contribution is 5.91. The number of rotatable bonds is 4. The highest BCUT2D eigenvalue weighted by atomic mass is 19.2. The van der Waals surface area contributed by atoms with Gasteiger partial charge >= 0.3 is 0 Å². The molecule has 0 saturated carbocycles. The first-order valence-corrected chi connectivity index (χ1v) is 7.79. The molecule has 2 aromatic carbocycles. The van der Waals surface area contributed by atoms with Crippen molar-refractivity contribution in [2.45, 2.75) is 13.5 Å². The fourth-order valence-electron chi connectivity index (χ4n) is 2.61. The quantitative estimate of drug-likeness (QED) is 0.719. The number of fused-ring (bicyclic) bond motifs is 1. The first-order chi connectivity index (χ1) is 12.4. The van der Waals surface area contributed by atoms with E-state index in [4.69, 9.17) is 0 Å². The second-order valence-corrected chi connectivity index (χ2v) is 5.54. The zero-order valence-electron chi connectivity index (χ0n) is 13.7. The minimum Gasteiger partial charge on any atom is -0.545 e. The Kier molecular flexibility index (Phi) is 4.62. The van der Waals surface area contributed by atoms with Crippen molar-refractivity contribution in [3.05, 3.63) is 75.2 Å². The molecule has 0 fully saturated rings. The van der Waals surface area contributed by atoms with Crippen LogP contribution in [-0.4, -0.2) is 15.5 Å². The molecule has 0 atom stereocenters. The molecule has 0 aliphatic rings. The Labute approximate surface area is 146 Å². The van der Waals surface area contributed by atoms with Crippen LogP contribution in [0.2, 0.25) is 0 Å². The molecule has 0 saturated heterocycles. The lowest BCUT2D eigenvalue weighted by molar-refractivity contribution is -0.255. The highest BCUT2D eigenvalue weighted by Crippen LogP contribution is 2.15. The van der Waals surface area contributed by atoms with E-state index in [-0.39, 0.29) is 16.8 Å². The van der Waals surface area contributed by atoms with Crippen LogP contribution in [0, 0.1) is 11.6 Å². The standard InChI is InChI=1S/C19H14F2N2O3/c1-2-23-17-8-5-12(19(25)26)10-16(17)22-15(18(23)24)7-4-11-3-6-13(20)14(21)9-11/h3-10H,2H2,1H3,(H,25,26)/p-1/b7-4+. The van der Waals surface area contributed by atoms with Crippen LogP contribution in [0.1, 0.15) is 28.5 Å². The predicted octanol–water partition coefficient (Wildman–Crippen LogP) is 2.23. The third kappa shape index (κ3) is 3.23. The summed E-state index contributed by atoms with van der Waals surface area (Å²) in [5.41, 5.74) is 0.795. The summed E-state index contributed by atoms with van der Waals surface area (Å²) in [5.74, 6) is -3.31. The molecule has 1 aromatic heterocycles. The number of aromatic carboxylic acids is 1. The molecule has 0 bridgehead atoms. The van der Waals surface area contributed by atoms with Crippen LogP contribution in [0.4, 0.5) is 8.78 Å². The van der Waals surface area contributed by atoms with Crippen molar-refractivity contribution in [2.75, 3.05) is 0 Å². The van der Waals surface area contributed by atoms with Crippen molar-refractivity contribution in [1.82, 2.24) is 9.55 Å². The van der Waals surface area contributed by atoms with Crippen molar-refractivity contribution < 1.29 is 18.7 Å². The third-order valence-corrected chi connectivity index (χ3v) is 3.90. The van der Waals surface area contributed by atoms with E-state index in [0.717, 1.165) is 12.1 Å². The smallest absolute Gasteiger partial charge is 0.276 e. The summed E-state index contributed by atoms with van der Waals surface area (Å²) in [6.07, 6.45) is 2.81. The Bertz CT molecular complexity index is 1100. The number of hydrogen-bond donors (Lipinski definition) is 0. The van der Waals surface area contributed by atoms with E-state index in [0.29, 0.717) is 23.1 Å². The number of carbonyl (C=O) groups is 1. The number of hydrogen-bond acceptors (Lipinski definition) is 4. The average molecular weight is 355 g/mol. The number of aryl methyl sites for hydroxylation is 1. The lowest BCUT2D eigenvalue weighted by Gasteiger charge is -2.10. The molecule has 0 N–H and O–H groups in total. The molecular formula is C19H13F2N2O3-. The van der Waals surface area contributed by atoms with Gasteiger partial charge in [0.2, 0.25) is 0 Å². The van der Waals surface area contributed by atoms with Crippen LogP contribution >= 0.6 is 0 Å². The number of aromatic nitrogens is 2. The predicted molar refractivity (Wildman–Crippen MR) is 91.3 cm³/mol. The number of benzene rings is 2. The summed E-state index contributed by atoms with van der Waals surface area (Å²) in [6.45, 7) is 2.13. The Morgan fingerprint density at radius 2 is 1.92 bits per heavy atom. The number of carboxylic acids is 1. The van der Waals surface area contributed by atoms with Gasteiger partial charge in [-0.05, 0) is 48.4 Å². The first kappa shape index (κ1) is 17.5. The van der Waals surface area contributed by atoms with E-state index in [1.54, 1.807) is 6.92 Å². The van der Waals surface area contributed by atoms with Crippen LogP contribution in [0.5, 0.6) is 0 Å². The SMILES string of the molecule is CCn1c(=O)c(/C=C/c2ccc(F)c(F)c2)nc2cc(C(=O)[O-])ccc21. The fraction of sp³-hybridized carbons (Fsp3) is 0.105. The number of halogens is 2. The maximum Gasteiger partial charge on any atom is 0.276 e. The van der Waals surface area contributed by atoms with Crippen molar-refractivity contribution in [2.24, 2.45) is 0 Å². The van der Waals surface area contributed by atoms with Gasteiger partial charge in [0.15, 0.2) is 11.6 Å². The largest absolute Gasteiger partial charge is 0.545 e. The zero-order chi connectivity index (χ0) is 18.8. The molecule has 7 heteroatoms. The molecule has 0 unspecified atom stereocenters. The molecule has 26 heavy (non-hydrogen) atoms. The normalized spacial score (nSPS) is 11.3. The molecule has 0 aliphatic carbocycles. The average Bonchev–Trinajstić information content (AvgIpc) is 2.62. The van der Waals surface area contributed by atoms with E-state index >= 15 is 0 Å². The first-order valence-electron chi connectivity index (χ1n) is 7.79. The fourth-order valence-corrected chi connectivity index (χ4v) is 2.61. The molecule has 5 nitrogen and oxygen atoms in total. The van der Waals surface area contributed by atoms with Gasteiger partial charge < -0.3 is 14.5 Å². The van der Waals surface area contributed by atoms with Gasteiger partial charge in [-0.2, -0.15) is 0 Å². The van der Waals surface area contributed by atoms with Crippen molar-refractivity contribution in [1.29, 1.82) is 0 Å². The molecule has 0 spiro atoms. The topological polar surface area (TPSA) is 75.0 Å². The molecule has 0 radical (unpaired) electrons. The van der Waals surface area contributed by atoms with E-state index in [1.807, 2.05) is 0 Å². The lowest BCUT2D eigenvalue weighted by atomic mass is 10.1. The summed E-state index contributed by atoms with van der Waals surface area (Å²) in [5, 5.41) is 11.0. The van der Waals surface area contributed by atoms with E-state index in [9.17, 15) is 23.5 Å². The molecule has 132 valence electrons. The summed E-state index contributed by atoms with van der Waals surface area (Å²) in [4.78, 5) is 27.8. The van der Waals surface area contributed by atoms with Gasteiger partial charge in [-0.1, -0.05) is 18.2 Å². The monoisotopic (exact) mass is 355 g/mol. The Balaban J connectivity index is 2.13. The van der Waals surface area contributed by atoms with Gasteiger partial charge in [-0.3, -0.25) is 4.79 Å². The van der Waals surface area contributed by atoms with Gasteiger partial charge in [0, 0.05) is 6.54 Å². The van der Waals surface area contributed by atoms with Crippen LogP contribution in [-0.2, 0) is 6.54 Å². The van der Waals surface area contributed by atoms with Crippen molar-refractivity contribution in [3.8, 4) is 0 Å². The molecule has 0 aliphatic heterocycles. The van der Waals surface area contributed by atoms with E-state index in [1.165, 1.54) is 41.0 Å². The lowest BCUT2D eigenvalue weighted by Crippen LogP contribution is -2.25. The summed E-state index contributed by atoms with van der Waals surface area (Å²) in [7, 11) is 0. The van der Waals surface area contributed by atoms with Gasteiger partial charge in [-0.15, -0.1) is 0 Å². The maximum atomic E-state index is 13.3. The summed E-state index contributed by atoms with van der Waals surface area (Å²) >= 11 is 0. The second-order valence-electron chi connectivity index (χ2n) is 5.54. The van der Waals surface area contributed by atoms with Crippen molar-refractivity contribution in [3.63, 3.8) is 0 Å². The summed E-state index contributed by atoms with van der Waals surface area (Å²) in [6, 6.07) is 7.52. The molecule has 0 amide bonds. The van der Waals surface area contributed by atoms with Gasteiger partial charge in [0.05, 0.1) is 17.0 Å². The third-order valence-electron chi connectivity index (χ3n) is 3.90. The molecule has 3 rings (SSSR count). The second kappa shape index (κ2) is 6.87. The zero-order valence-corrected chi connectivity index (χ0v) is 13.7. The minimum absolute atomic E-state index is 0.0539. The van der Waals surface area contributed by atoms with Crippen molar-refractivity contribution >= 4 is 29.2 Å². The van der Waals surface area contributed by atoms with Crippen LogP contribution in [0.25, 0.3) is 23.2 Å². The van der Waals surface area contributed by atoms with Crippen LogP contribution < -0.4 is 10.7 Å². The molecular weight excluding hydrogens is 342 g/mol. The van der Waals surface area contributed by atoms with Gasteiger partial charge in [-0.25, -0.2) is 13.8 Å². The highest BCUT2D eigenvalue weighted by Gasteiger charge is 2.09. The van der Waals surface area contributed by atoms with Gasteiger partial charge in [0.1, 0.15) is 5.69 Å². The molecule has 1 heterocycles. The van der Waals surface area contributed by atoms with Crippen LogP contribution in [0.3, 0.4) is 0 Å². The van der Waals surface area contributed by atoms with Gasteiger partial charge in [0.25, 0.3) is 5.56 Å². The number of nitrogens with zero attached hydrogens (tertiary/aromatic N) is 2. The Morgan fingerprint density at radius 1 is 1.15 bits per heavy atom. The van der Waals surface area contributed by atoms with E-state index < -0.39 is 17.6 Å². The summed E-state index contributed by atoms with van der Waals surface area (Å²) < 4.78 is 27.7. The van der Waals surface area contributed by atoms with Crippen LogP contribution in [0.15, 0.2) is 41.2 Å². The Hall–Kier alpha value is -3.35. The number of carbonyl (C=O) groups excluding carboxylic acids is 1. The Morgan fingerprint density at radius 3 is 2.58 bits per heavy atom. The molecule has 3 aromatic rings. The minimum atomic E-state index is -1.35.